The van der Waals surface area contributed by atoms with Gasteiger partial charge in [0.15, 0.2) is 0 Å². The molecular weight excluding hydrogens is 186 g/mol. The van der Waals surface area contributed by atoms with Crippen LogP contribution in [0.3, 0.4) is 0 Å². The van der Waals surface area contributed by atoms with Crippen molar-refractivity contribution in [3.63, 3.8) is 0 Å². The Bertz CT molecular complexity index is 286. The van der Waals surface area contributed by atoms with E-state index < -0.39 is 0 Å². The summed E-state index contributed by atoms with van der Waals surface area (Å²) in [5.41, 5.74) is 1.99. The van der Waals surface area contributed by atoms with E-state index in [-0.39, 0.29) is 18.3 Å². The van der Waals surface area contributed by atoms with Crippen molar-refractivity contribution in [1.29, 1.82) is 5.41 Å². The third kappa shape index (κ3) is 3.47. The van der Waals surface area contributed by atoms with Crippen molar-refractivity contribution in [3.05, 3.63) is 35.4 Å². The molecule has 2 nitrogen and oxygen atoms in total. The number of hydrogen-bond acceptors (Lipinski definition) is 2. The van der Waals surface area contributed by atoms with Gasteiger partial charge in [-0.25, -0.2) is 0 Å². The average molecular weight is 200 g/mol. The largest absolute Gasteiger partial charge is 0.478 e. The number of benzene rings is 1. The monoisotopic (exact) mass is 199 g/mol. The summed E-state index contributed by atoms with van der Waals surface area (Å²) in [7, 11) is 0. The van der Waals surface area contributed by atoms with Crippen molar-refractivity contribution in [2.75, 3.05) is 6.61 Å². The van der Waals surface area contributed by atoms with E-state index in [1.807, 2.05) is 38.1 Å². The van der Waals surface area contributed by atoms with Crippen molar-refractivity contribution >= 4 is 18.3 Å². The van der Waals surface area contributed by atoms with E-state index in [0.29, 0.717) is 6.61 Å². The Kier molecular flexibility index (Phi) is 5.16. The molecule has 3 heteroatoms. The van der Waals surface area contributed by atoms with Gasteiger partial charge in [0, 0.05) is 5.56 Å². The highest BCUT2D eigenvalue weighted by Crippen LogP contribution is 2.04. The minimum atomic E-state index is 0. The van der Waals surface area contributed by atoms with Gasteiger partial charge in [-0.15, -0.1) is 12.4 Å². The normalized spacial score (nSPS) is 8.77. The number of hydrogen-bond donors (Lipinski definition) is 1. The summed E-state index contributed by atoms with van der Waals surface area (Å²) in [4.78, 5) is 0. The molecule has 0 heterocycles. The van der Waals surface area contributed by atoms with Crippen LogP contribution in [0, 0.1) is 12.3 Å². The number of nitrogens with one attached hydrogen (secondary N) is 1. The first kappa shape index (κ1) is 12.0. The molecule has 13 heavy (non-hydrogen) atoms. The number of aryl methyl sites for hydroxylation is 1. The van der Waals surface area contributed by atoms with Gasteiger partial charge in [0.1, 0.15) is 0 Å². The molecule has 0 radical (unpaired) electrons. The molecule has 1 rings (SSSR count). The molecule has 1 aromatic carbocycles. The standard InChI is InChI=1S/C10H13NO.ClH/c1-3-12-10(11)9-6-4-5-8(2)7-9;/h4-7,11H,3H2,1-2H3;1H. The van der Waals surface area contributed by atoms with Crippen LogP contribution in [0.2, 0.25) is 0 Å². The molecule has 1 aromatic rings. The lowest BCUT2D eigenvalue weighted by Crippen LogP contribution is -2.04. The molecule has 0 bridgehead atoms. The van der Waals surface area contributed by atoms with Gasteiger partial charge in [-0.1, -0.05) is 17.7 Å². The van der Waals surface area contributed by atoms with Crippen LogP contribution in [-0.4, -0.2) is 12.5 Å². The minimum Gasteiger partial charge on any atom is -0.478 e. The zero-order chi connectivity index (χ0) is 8.97. The molecule has 0 amide bonds. The fraction of sp³-hybridized carbons (Fsp3) is 0.300. The van der Waals surface area contributed by atoms with Gasteiger partial charge in [0.05, 0.1) is 6.61 Å². The first-order chi connectivity index (χ1) is 5.74. The van der Waals surface area contributed by atoms with Crippen LogP contribution in [0.15, 0.2) is 24.3 Å². The molecular formula is C10H14ClNO. The average Bonchev–Trinajstić information content (AvgIpc) is 2.05. The van der Waals surface area contributed by atoms with Crippen LogP contribution in [-0.2, 0) is 4.74 Å². The van der Waals surface area contributed by atoms with Crippen molar-refractivity contribution in [1.82, 2.24) is 0 Å². The minimum absolute atomic E-state index is 0. The summed E-state index contributed by atoms with van der Waals surface area (Å²) in [5.74, 6) is 0.251. The Labute approximate surface area is 84.8 Å². The lowest BCUT2D eigenvalue weighted by molar-refractivity contribution is 0.325. The maximum atomic E-state index is 7.50. The fourth-order valence-electron chi connectivity index (χ4n) is 1.01. The highest BCUT2D eigenvalue weighted by Gasteiger charge is 1.99. The predicted octanol–water partition coefficient (Wildman–Crippen LogP) is 2.78. The van der Waals surface area contributed by atoms with Crippen LogP contribution in [0.1, 0.15) is 18.1 Å². The summed E-state index contributed by atoms with van der Waals surface area (Å²) in [5, 5.41) is 7.50. The fourth-order valence-corrected chi connectivity index (χ4v) is 1.01. The second-order valence-electron chi connectivity index (χ2n) is 2.63. The first-order valence-electron chi connectivity index (χ1n) is 4.02. The van der Waals surface area contributed by atoms with Crippen molar-refractivity contribution in [3.8, 4) is 0 Å². The van der Waals surface area contributed by atoms with Crippen LogP contribution < -0.4 is 0 Å². The highest BCUT2D eigenvalue weighted by molar-refractivity contribution is 5.91. The summed E-state index contributed by atoms with van der Waals surface area (Å²) >= 11 is 0. The summed E-state index contributed by atoms with van der Waals surface area (Å²) < 4.78 is 5.07. The molecule has 0 atom stereocenters. The van der Waals surface area contributed by atoms with E-state index in [1.54, 1.807) is 0 Å². The van der Waals surface area contributed by atoms with E-state index in [4.69, 9.17) is 10.1 Å². The Morgan fingerprint density at radius 3 is 2.69 bits per heavy atom. The van der Waals surface area contributed by atoms with Gasteiger partial charge in [-0.2, -0.15) is 0 Å². The van der Waals surface area contributed by atoms with E-state index in [9.17, 15) is 0 Å². The van der Waals surface area contributed by atoms with Gasteiger partial charge >= 0.3 is 0 Å². The summed E-state index contributed by atoms with van der Waals surface area (Å²) in [6, 6.07) is 7.75. The second-order valence-corrected chi connectivity index (χ2v) is 2.63. The molecule has 0 aromatic heterocycles. The molecule has 0 fully saturated rings. The Morgan fingerprint density at radius 2 is 2.15 bits per heavy atom. The number of rotatable bonds is 2. The first-order valence-corrected chi connectivity index (χ1v) is 4.02. The third-order valence-corrected chi connectivity index (χ3v) is 1.57. The topological polar surface area (TPSA) is 33.1 Å². The lowest BCUT2D eigenvalue weighted by Gasteiger charge is -2.04. The lowest BCUT2D eigenvalue weighted by atomic mass is 10.1. The molecule has 1 N–H and O–H groups in total. The van der Waals surface area contributed by atoms with E-state index >= 15 is 0 Å². The van der Waals surface area contributed by atoms with Crippen molar-refractivity contribution in [2.45, 2.75) is 13.8 Å². The van der Waals surface area contributed by atoms with Crippen molar-refractivity contribution < 1.29 is 4.74 Å². The van der Waals surface area contributed by atoms with Crippen LogP contribution in [0.5, 0.6) is 0 Å². The smallest absolute Gasteiger partial charge is 0.213 e. The van der Waals surface area contributed by atoms with E-state index in [1.165, 1.54) is 0 Å². The Balaban J connectivity index is 0.00000144. The molecule has 0 saturated heterocycles. The molecule has 0 saturated carbocycles. The summed E-state index contributed by atoms with van der Waals surface area (Å²) in [6.07, 6.45) is 0. The SMILES string of the molecule is CCOC(=N)c1cccc(C)c1.Cl. The second kappa shape index (κ2) is 5.60. The number of halogens is 1. The molecule has 0 spiro atoms. The van der Waals surface area contributed by atoms with Crippen molar-refractivity contribution in [2.24, 2.45) is 0 Å². The maximum absolute atomic E-state index is 7.50. The van der Waals surface area contributed by atoms with Gasteiger partial charge in [-0.3, -0.25) is 5.41 Å². The maximum Gasteiger partial charge on any atom is 0.213 e. The number of ether oxygens (including phenoxy) is 1. The highest BCUT2D eigenvalue weighted by atomic mass is 35.5. The molecule has 0 aliphatic carbocycles. The van der Waals surface area contributed by atoms with E-state index in [0.717, 1.165) is 11.1 Å². The summed E-state index contributed by atoms with van der Waals surface area (Å²) in [6.45, 7) is 4.43. The molecule has 0 aliphatic heterocycles. The zero-order valence-electron chi connectivity index (χ0n) is 7.83. The Hall–Kier alpha value is -1.02. The quantitative estimate of drug-likeness (QED) is 0.577. The molecule has 0 aliphatic rings. The van der Waals surface area contributed by atoms with E-state index in [2.05, 4.69) is 0 Å². The van der Waals surface area contributed by atoms with Crippen LogP contribution in [0.4, 0.5) is 0 Å². The Morgan fingerprint density at radius 1 is 1.46 bits per heavy atom. The molecule has 0 unspecified atom stereocenters. The van der Waals surface area contributed by atoms with Gasteiger partial charge in [-0.05, 0) is 26.0 Å². The molecule has 72 valence electrons. The zero-order valence-corrected chi connectivity index (χ0v) is 8.65. The van der Waals surface area contributed by atoms with Crippen LogP contribution in [0.25, 0.3) is 0 Å². The predicted molar refractivity (Wildman–Crippen MR) is 56.9 cm³/mol. The van der Waals surface area contributed by atoms with Crippen LogP contribution >= 0.6 is 12.4 Å². The van der Waals surface area contributed by atoms with Gasteiger partial charge in [0.2, 0.25) is 5.90 Å². The van der Waals surface area contributed by atoms with Gasteiger partial charge in [0.25, 0.3) is 0 Å². The third-order valence-electron chi connectivity index (χ3n) is 1.57. The van der Waals surface area contributed by atoms with Gasteiger partial charge < -0.3 is 4.74 Å².